The van der Waals surface area contributed by atoms with E-state index in [1.54, 1.807) is 19.2 Å². The molecule has 0 saturated heterocycles. The molecule has 184 valence electrons. The lowest BCUT2D eigenvalue weighted by Gasteiger charge is -2.25. The number of carboxylic acids is 1. The van der Waals surface area contributed by atoms with Crippen LogP contribution in [0.5, 0.6) is 11.5 Å². The first-order valence-electron chi connectivity index (χ1n) is 12.1. The molecule has 0 saturated carbocycles. The zero-order chi connectivity index (χ0) is 25.2. The molecule has 35 heavy (non-hydrogen) atoms. The topological polar surface area (TPSA) is 55.8 Å². The largest absolute Gasteiger partial charge is 0.497 e. The van der Waals surface area contributed by atoms with E-state index in [1.807, 2.05) is 24.3 Å². The number of carboxylic acid groups (broad SMARTS) is 1. The molecule has 0 aliphatic heterocycles. The smallest absolute Gasteiger partial charge is 0.303 e. The van der Waals surface area contributed by atoms with E-state index in [1.165, 1.54) is 11.6 Å². The molecule has 0 spiro atoms. The number of rotatable bonds is 7. The lowest BCUT2D eigenvalue weighted by Crippen LogP contribution is -2.14. The van der Waals surface area contributed by atoms with Gasteiger partial charge in [0.2, 0.25) is 0 Å². The highest BCUT2D eigenvalue weighted by molar-refractivity contribution is 5.71. The van der Waals surface area contributed by atoms with Crippen molar-refractivity contribution < 1.29 is 23.8 Å². The monoisotopic (exact) mass is 476 g/mol. The molecule has 1 aliphatic carbocycles. The van der Waals surface area contributed by atoms with Crippen molar-refractivity contribution in [2.24, 2.45) is 0 Å². The van der Waals surface area contributed by atoms with Crippen molar-refractivity contribution in [2.75, 3.05) is 7.11 Å². The van der Waals surface area contributed by atoms with E-state index in [0.717, 1.165) is 47.3 Å². The van der Waals surface area contributed by atoms with E-state index in [9.17, 15) is 14.3 Å². The summed E-state index contributed by atoms with van der Waals surface area (Å²) in [6.45, 7) is 6.70. The first-order chi connectivity index (χ1) is 16.7. The summed E-state index contributed by atoms with van der Waals surface area (Å²) < 4.78 is 26.2. The van der Waals surface area contributed by atoms with Gasteiger partial charge in [-0.15, -0.1) is 0 Å². The van der Waals surface area contributed by atoms with Gasteiger partial charge in [0.25, 0.3) is 0 Å². The van der Waals surface area contributed by atoms with Crippen LogP contribution in [-0.4, -0.2) is 18.2 Å². The molecule has 0 aromatic heterocycles. The number of benzene rings is 3. The summed E-state index contributed by atoms with van der Waals surface area (Å²) in [7, 11) is 1.58. The van der Waals surface area contributed by atoms with Crippen molar-refractivity contribution in [3.05, 3.63) is 82.7 Å². The SMILES string of the molecule is COc1ccc(F)c(-c2ccc(COc3ccc4c(c3)[C@H](CC(=O)O)CCC4)cc2C(C)(C)C)c1. The highest BCUT2D eigenvalue weighted by atomic mass is 19.1. The average Bonchev–Trinajstić information content (AvgIpc) is 2.82. The molecular weight excluding hydrogens is 443 g/mol. The number of fused-ring (bicyclic) bond motifs is 1. The van der Waals surface area contributed by atoms with Crippen molar-refractivity contribution in [1.29, 1.82) is 0 Å². The standard InChI is InChI=1S/C30H33FO4/c1-30(2,3)27-14-19(8-12-24(27)26-16-22(34-4)11-13-28(26)31)18-35-23-10-9-20-6-5-7-21(15-29(32)33)25(20)17-23/h8-14,16-17,21H,5-7,15,18H2,1-4H3,(H,32,33)/t21-/m0/s1. The molecule has 0 radical (unpaired) electrons. The second-order valence-electron chi connectivity index (χ2n) is 10.3. The molecule has 0 heterocycles. The molecule has 1 aliphatic rings. The molecule has 1 N–H and O–H groups in total. The molecule has 1 atom stereocenters. The van der Waals surface area contributed by atoms with Crippen LogP contribution < -0.4 is 9.47 Å². The minimum absolute atomic E-state index is 0.0318. The number of hydrogen-bond acceptors (Lipinski definition) is 3. The predicted octanol–water partition coefficient (Wildman–Crippen LogP) is 7.27. The van der Waals surface area contributed by atoms with Gasteiger partial charge in [-0.05, 0) is 88.7 Å². The summed E-state index contributed by atoms with van der Waals surface area (Å²) in [6.07, 6.45) is 3.03. The van der Waals surface area contributed by atoms with Crippen LogP contribution in [-0.2, 0) is 23.2 Å². The van der Waals surface area contributed by atoms with Crippen LogP contribution in [0.25, 0.3) is 11.1 Å². The first-order valence-corrected chi connectivity index (χ1v) is 12.1. The van der Waals surface area contributed by atoms with Crippen molar-refractivity contribution >= 4 is 5.97 Å². The first kappa shape index (κ1) is 24.8. The third-order valence-corrected chi connectivity index (χ3v) is 6.74. The number of hydrogen-bond donors (Lipinski definition) is 1. The lowest BCUT2D eigenvalue weighted by atomic mass is 9.80. The number of aliphatic carboxylic acids is 1. The Bertz CT molecular complexity index is 1230. The van der Waals surface area contributed by atoms with Crippen LogP contribution in [0.15, 0.2) is 54.6 Å². The van der Waals surface area contributed by atoms with Crippen molar-refractivity contribution in [3.63, 3.8) is 0 Å². The summed E-state index contributed by atoms with van der Waals surface area (Å²) in [5, 5.41) is 9.29. The summed E-state index contributed by atoms with van der Waals surface area (Å²) >= 11 is 0. The van der Waals surface area contributed by atoms with Crippen LogP contribution in [0.2, 0.25) is 0 Å². The van der Waals surface area contributed by atoms with E-state index in [4.69, 9.17) is 9.47 Å². The zero-order valence-corrected chi connectivity index (χ0v) is 20.9. The molecule has 0 fully saturated rings. The summed E-state index contributed by atoms with van der Waals surface area (Å²) in [5.74, 6) is 0.328. The number of ether oxygens (including phenoxy) is 2. The minimum atomic E-state index is -0.767. The normalized spacial score (nSPS) is 15.4. The molecule has 3 aromatic carbocycles. The van der Waals surface area contributed by atoms with E-state index in [0.29, 0.717) is 17.9 Å². The van der Waals surface area contributed by atoms with Crippen LogP contribution in [0.1, 0.15) is 68.2 Å². The number of aryl methyl sites for hydroxylation is 1. The maximum atomic E-state index is 14.8. The molecular formula is C30H33FO4. The Kier molecular flexibility index (Phi) is 7.15. The third-order valence-electron chi connectivity index (χ3n) is 6.74. The van der Waals surface area contributed by atoms with Crippen molar-refractivity contribution in [1.82, 2.24) is 0 Å². The van der Waals surface area contributed by atoms with Gasteiger partial charge >= 0.3 is 5.97 Å². The maximum absolute atomic E-state index is 14.8. The molecule has 4 rings (SSSR count). The molecule has 5 heteroatoms. The van der Waals surface area contributed by atoms with Gasteiger partial charge in [0.05, 0.1) is 13.5 Å². The second-order valence-corrected chi connectivity index (χ2v) is 10.3. The van der Waals surface area contributed by atoms with E-state index in [-0.39, 0.29) is 23.6 Å². The van der Waals surface area contributed by atoms with Gasteiger partial charge in [0, 0.05) is 5.56 Å². The fourth-order valence-corrected chi connectivity index (χ4v) is 4.93. The van der Waals surface area contributed by atoms with Crippen LogP contribution in [0.4, 0.5) is 4.39 Å². The molecule has 0 unspecified atom stereocenters. The highest BCUT2D eigenvalue weighted by Gasteiger charge is 2.24. The highest BCUT2D eigenvalue weighted by Crippen LogP contribution is 2.38. The van der Waals surface area contributed by atoms with E-state index in [2.05, 4.69) is 32.9 Å². The maximum Gasteiger partial charge on any atom is 0.303 e. The second kappa shape index (κ2) is 10.1. The number of carbonyl (C=O) groups is 1. The van der Waals surface area contributed by atoms with E-state index < -0.39 is 5.97 Å². The zero-order valence-electron chi connectivity index (χ0n) is 20.9. The Morgan fingerprint density at radius 2 is 1.80 bits per heavy atom. The van der Waals surface area contributed by atoms with Gasteiger partial charge in [-0.3, -0.25) is 4.79 Å². The van der Waals surface area contributed by atoms with Crippen LogP contribution in [0.3, 0.4) is 0 Å². The summed E-state index contributed by atoms with van der Waals surface area (Å²) in [5.41, 5.74) is 5.46. The molecule has 3 aromatic rings. The quantitative estimate of drug-likeness (QED) is 0.389. The summed E-state index contributed by atoms with van der Waals surface area (Å²) in [4.78, 5) is 11.3. The number of halogens is 1. The van der Waals surface area contributed by atoms with Gasteiger partial charge < -0.3 is 14.6 Å². The van der Waals surface area contributed by atoms with Crippen molar-refractivity contribution in [2.45, 2.75) is 64.4 Å². The third kappa shape index (κ3) is 5.67. The van der Waals surface area contributed by atoms with Crippen molar-refractivity contribution in [3.8, 4) is 22.6 Å². The van der Waals surface area contributed by atoms with Crippen LogP contribution in [0, 0.1) is 5.82 Å². The predicted molar refractivity (Wildman–Crippen MR) is 136 cm³/mol. The average molecular weight is 477 g/mol. The minimum Gasteiger partial charge on any atom is -0.497 e. The Balaban J connectivity index is 1.60. The fourth-order valence-electron chi connectivity index (χ4n) is 4.93. The van der Waals surface area contributed by atoms with Gasteiger partial charge in [-0.1, -0.05) is 45.0 Å². The Morgan fingerprint density at radius 3 is 2.51 bits per heavy atom. The molecule has 0 bridgehead atoms. The van der Waals surface area contributed by atoms with Gasteiger partial charge in [0.15, 0.2) is 0 Å². The van der Waals surface area contributed by atoms with Gasteiger partial charge in [-0.25, -0.2) is 4.39 Å². The Hall–Kier alpha value is -3.34. The van der Waals surface area contributed by atoms with Gasteiger partial charge in [-0.2, -0.15) is 0 Å². The van der Waals surface area contributed by atoms with Gasteiger partial charge in [0.1, 0.15) is 23.9 Å². The Labute approximate surface area is 206 Å². The molecule has 4 nitrogen and oxygen atoms in total. The Morgan fingerprint density at radius 1 is 1.03 bits per heavy atom. The van der Waals surface area contributed by atoms with E-state index >= 15 is 0 Å². The fraction of sp³-hybridized carbons (Fsp3) is 0.367. The number of methoxy groups -OCH3 is 1. The molecule has 0 amide bonds. The van der Waals surface area contributed by atoms with Crippen LogP contribution >= 0.6 is 0 Å². The summed E-state index contributed by atoms with van der Waals surface area (Å²) in [6, 6.07) is 16.8. The lowest BCUT2D eigenvalue weighted by molar-refractivity contribution is -0.137.